The smallest absolute Gasteiger partial charge is 0 e. The normalized spacial score (nSPS) is 5.90. The molecular weight excluding hydrogens is 529 g/mol. The standard InChI is InChI=1S/K.Li.Na.Nb.3H2O.O.Sb.Ta.3H/h;;;;3*1H2;;;;;;/q;;;;;;;;+3;;;;/p-3. The Labute approximate surface area is 173 Å². The van der Waals surface area contributed by atoms with E-state index in [4.69, 9.17) is 13.2 Å². The maximum absolute atomic E-state index is 8.97. The van der Waals surface area contributed by atoms with Crippen molar-refractivity contribution in [1.82, 2.24) is 0 Å². The topological polar surface area (TPSA) is 77.8 Å². The number of hydrogen-bond acceptors (Lipinski definition) is 1. The predicted molar refractivity (Wildman–Crippen MR) is 34.5 cm³/mol. The molecule has 0 aromatic rings. The molecule has 0 unspecified atom stereocenters. The quantitative estimate of drug-likeness (QED) is 0.276. The van der Waals surface area contributed by atoms with E-state index >= 15 is 0 Å². The van der Waals surface area contributed by atoms with Gasteiger partial charge in [0.1, 0.15) is 0 Å². The summed E-state index contributed by atoms with van der Waals surface area (Å²) in [4.78, 5) is 0. The Kier molecular flexibility index (Phi) is 71.5. The van der Waals surface area contributed by atoms with Gasteiger partial charge >= 0.3 is 133 Å². The Morgan fingerprint density at radius 1 is 1.10 bits per heavy atom. The second kappa shape index (κ2) is 19.7. The monoisotopic (exact) mass is 534 g/mol. The summed E-state index contributed by atoms with van der Waals surface area (Å²) in [6, 6.07) is 0. The molecule has 10 heavy (non-hydrogen) atoms. The van der Waals surface area contributed by atoms with Crippen LogP contribution < -0.4 is 0 Å². The van der Waals surface area contributed by atoms with E-state index in [9.17, 15) is 0 Å². The summed E-state index contributed by atoms with van der Waals surface area (Å²) in [6.45, 7) is 0. The van der Waals surface area contributed by atoms with E-state index < -0.39 is 20.1 Å². The fraction of sp³-hybridized carbons (Fsp3) is 0. The third-order valence-electron chi connectivity index (χ3n) is 0. The average Bonchev–Trinajstić information content (AvgIpc) is 0.722. The van der Waals surface area contributed by atoms with Crippen molar-refractivity contribution in [3.05, 3.63) is 0 Å². The van der Waals surface area contributed by atoms with Crippen molar-refractivity contribution < 1.29 is 57.9 Å². The zero-order valence-corrected chi connectivity index (χ0v) is 11.1. The van der Waals surface area contributed by atoms with Crippen molar-refractivity contribution >= 4 is 120 Å². The Hall–Kier alpha value is 5.21. The first-order valence-corrected chi connectivity index (χ1v) is 5.25. The third-order valence-corrected chi connectivity index (χ3v) is 0. The molecule has 0 aromatic heterocycles. The van der Waals surface area contributed by atoms with Crippen LogP contribution in [-0.4, -0.2) is 130 Å². The van der Waals surface area contributed by atoms with E-state index in [0.29, 0.717) is 0 Å². The van der Waals surface area contributed by atoms with E-state index in [-0.39, 0.29) is 145 Å². The second-order valence-corrected chi connectivity index (χ2v) is 3.44. The van der Waals surface area contributed by atoms with Crippen molar-refractivity contribution in [1.29, 1.82) is 0 Å². The summed E-state index contributed by atoms with van der Waals surface area (Å²) in [6.07, 6.45) is 0. The van der Waals surface area contributed by atoms with Gasteiger partial charge in [-0.1, -0.05) is 0 Å². The van der Waals surface area contributed by atoms with E-state index in [2.05, 4.69) is 0 Å². The fourth-order valence-electron chi connectivity index (χ4n) is 0. The number of rotatable bonds is 0. The molecule has 4 nitrogen and oxygen atoms in total. The van der Waals surface area contributed by atoms with Crippen molar-refractivity contribution in [3.63, 3.8) is 0 Å². The van der Waals surface area contributed by atoms with Gasteiger partial charge in [0.25, 0.3) is 0 Å². The molecule has 0 atom stereocenters. The summed E-state index contributed by atoms with van der Waals surface area (Å²) < 4.78 is 30.8. The van der Waals surface area contributed by atoms with Crippen LogP contribution in [0.25, 0.3) is 0 Å². The molecular formula is H6KLiNaNbO4SbTa. The molecule has 0 spiro atoms. The first-order chi connectivity index (χ1) is 2.00. The van der Waals surface area contributed by atoms with Crippen LogP contribution in [0, 0.1) is 0 Å². The van der Waals surface area contributed by atoms with Crippen LogP contribution in [0.15, 0.2) is 0 Å². The van der Waals surface area contributed by atoms with Gasteiger partial charge in [0.05, 0.1) is 0 Å². The summed E-state index contributed by atoms with van der Waals surface area (Å²) in [5.41, 5.74) is 0. The maximum atomic E-state index is 8.97. The summed E-state index contributed by atoms with van der Waals surface area (Å²) in [7, 11) is 0. The van der Waals surface area contributed by atoms with Gasteiger partial charge in [0.15, 0.2) is 0 Å². The molecule has 0 saturated heterocycles. The van der Waals surface area contributed by atoms with Gasteiger partial charge in [-0.3, -0.25) is 0 Å². The molecule has 10 heteroatoms. The maximum Gasteiger partial charge on any atom is 0 e. The van der Waals surface area contributed by atoms with Gasteiger partial charge in [0, 0.05) is 44.8 Å². The van der Waals surface area contributed by atoms with Crippen molar-refractivity contribution in [2.45, 2.75) is 0 Å². The van der Waals surface area contributed by atoms with Gasteiger partial charge in [-0.25, -0.2) is 0 Å². The average molecular weight is 535 g/mol. The molecule has 0 heterocycles. The molecule has 0 bridgehead atoms. The zero-order valence-electron chi connectivity index (χ0n) is 3.09. The summed E-state index contributed by atoms with van der Waals surface area (Å²) in [5.74, 6) is 0. The van der Waals surface area contributed by atoms with Crippen molar-refractivity contribution in [3.8, 4) is 0 Å². The molecule has 0 fully saturated rings. The molecule has 0 saturated carbocycles. The van der Waals surface area contributed by atoms with Crippen LogP contribution in [0.3, 0.4) is 0 Å². The first kappa shape index (κ1) is 36.2. The molecule has 2 radical (unpaired) electrons. The molecule has 0 aliphatic rings. The van der Waals surface area contributed by atoms with Gasteiger partial charge in [-0.05, 0) is 0 Å². The van der Waals surface area contributed by atoms with E-state index in [1.54, 1.807) is 0 Å². The molecule has 0 aliphatic heterocycles. The van der Waals surface area contributed by atoms with Gasteiger partial charge in [-0.15, -0.1) is 0 Å². The SMILES string of the molecule is [KH].[LiH].[NaH].[Nb].[O]=[Sb]([OH])([OH])[OH].[Ta]. The largest absolute Gasteiger partial charge is 0 e. The van der Waals surface area contributed by atoms with Crippen molar-refractivity contribution in [2.75, 3.05) is 0 Å². The zero-order chi connectivity index (χ0) is 4.50. The molecule has 0 amide bonds. The van der Waals surface area contributed by atoms with E-state index in [0.717, 1.165) is 0 Å². The minimum absolute atomic E-state index is 0. The summed E-state index contributed by atoms with van der Waals surface area (Å²) >= 11 is -5.35. The Morgan fingerprint density at radius 2 is 1.10 bits per heavy atom. The Bertz CT molecular complexity index is 71.4. The van der Waals surface area contributed by atoms with Crippen LogP contribution in [-0.2, 0) is 47.8 Å². The van der Waals surface area contributed by atoms with Gasteiger partial charge in [-0.2, -0.15) is 0 Å². The number of hydrogen-bond donors (Lipinski definition) is 3. The molecule has 0 rings (SSSR count). The van der Waals surface area contributed by atoms with E-state index in [1.165, 1.54) is 0 Å². The molecule has 3 N–H and O–H groups in total. The molecule has 0 aromatic carbocycles. The molecule has 48 valence electrons. The van der Waals surface area contributed by atoms with Crippen LogP contribution in [0.4, 0.5) is 0 Å². The van der Waals surface area contributed by atoms with E-state index in [1.807, 2.05) is 0 Å². The minimum Gasteiger partial charge on any atom is 0 e. The fourth-order valence-corrected chi connectivity index (χ4v) is 0. The Morgan fingerprint density at radius 3 is 1.10 bits per heavy atom. The van der Waals surface area contributed by atoms with Crippen LogP contribution in [0.5, 0.6) is 0 Å². The summed E-state index contributed by atoms with van der Waals surface area (Å²) in [5, 5.41) is 0. The van der Waals surface area contributed by atoms with Crippen LogP contribution >= 0.6 is 0 Å². The second-order valence-electron chi connectivity index (χ2n) is 0.513. The minimum atomic E-state index is -5.35. The third kappa shape index (κ3) is 72.5. The van der Waals surface area contributed by atoms with Gasteiger partial charge < -0.3 is 0 Å². The predicted octanol–water partition coefficient (Wildman–Crippen LogP) is -4.12. The first-order valence-electron chi connectivity index (χ1n) is 0.783. The van der Waals surface area contributed by atoms with Gasteiger partial charge in [0.2, 0.25) is 0 Å². The Balaban J connectivity index is -0.00000000800. The van der Waals surface area contributed by atoms with Crippen LogP contribution in [0.2, 0.25) is 0 Å². The van der Waals surface area contributed by atoms with Crippen molar-refractivity contribution in [2.24, 2.45) is 0 Å². The molecule has 0 aliphatic carbocycles. The van der Waals surface area contributed by atoms with Crippen LogP contribution in [0.1, 0.15) is 0 Å².